The Bertz CT molecular complexity index is 241. The van der Waals surface area contributed by atoms with Crippen molar-refractivity contribution in [3.05, 3.63) is 11.5 Å². The van der Waals surface area contributed by atoms with Crippen LogP contribution >= 0.6 is 0 Å². The third-order valence-corrected chi connectivity index (χ3v) is 1.18. The van der Waals surface area contributed by atoms with Crippen LogP contribution in [0, 0.1) is 0 Å². The summed E-state index contributed by atoms with van der Waals surface area (Å²) in [5.41, 5.74) is 0. The van der Waals surface area contributed by atoms with Gasteiger partial charge in [-0.05, 0) is 0 Å². The molecule has 0 aromatic carbocycles. The summed E-state index contributed by atoms with van der Waals surface area (Å²) < 4.78 is 13.2. The first-order valence-corrected chi connectivity index (χ1v) is 3.22. The van der Waals surface area contributed by atoms with Crippen LogP contribution in [0.1, 0.15) is 0 Å². The minimum Gasteiger partial charge on any atom is -0.487 e. The number of carbonyl (C=O) groups excluding carboxylic acids is 1. The molecule has 0 spiro atoms. The normalized spacial score (nSPS) is 11.3. The molecule has 0 saturated heterocycles. The highest BCUT2D eigenvalue weighted by molar-refractivity contribution is 5.96. The predicted octanol–water partition coefficient (Wildman–Crippen LogP) is -0.252. The summed E-state index contributed by atoms with van der Waals surface area (Å²) in [7, 11) is 3.37. The third kappa shape index (κ3) is 2.66. The Morgan fingerprint density at radius 2 is 1.38 bits per heavy atom. The van der Waals surface area contributed by atoms with Crippen molar-refractivity contribution in [3.63, 3.8) is 0 Å². The molecule has 6 nitrogen and oxygen atoms in total. The van der Waals surface area contributed by atoms with Crippen molar-refractivity contribution in [2.24, 2.45) is 0 Å². The van der Waals surface area contributed by atoms with E-state index in [-0.39, 0.29) is 0 Å². The molecular weight excluding hydrogens is 180 g/mol. The Hall–Kier alpha value is -1.72. The van der Waals surface area contributed by atoms with Gasteiger partial charge >= 0.3 is 11.9 Å². The fourth-order valence-electron chi connectivity index (χ4n) is 0.639. The van der Waals surface area contributed by atoms with E-state index < -0.39 is 23.5 Å². The van der Waals surface area contributed by atoms with E-state index in [4.69, 9.17) is 5.11 Å². The number of methoxy groups -OCH3 is 3. The zero-order chi connectivity index (χ0) is 10.4. The highest BCUT2D eigenvalue weighted by Gasteiger charge is 2.23. The molecule has 0 aliphatic heterocycles. The molecule has 0 saturated carbocycles. The summed E-state index contributed by atoms with van der Waals surface area (Å²) >= 11 is 0. The van der Waals surface area contributed by atoms with Crippen LogP contribution in [0.25, 0.3) is 0 Å². The first-order chi connectivity index (χ1) is 6.08. The van der Waals surface area contributed by atoms with Crippen molar-refractivity contribution < 1.29 is 28.9 Å². The van der Waals surface area contributed by atoms with E-state index in [1.165, 1.54) is 0 Å². The molecule has 0 rings (SSSR count). The van der Waals surface area contributed by atoms with Crippen LogP contribution in [0.5, 0.6) is 0 Å². The van der Waals surface area contributed by atoms with E-state index in [1.54, 1.807) is 0 Å². The number of aliphatic carboxylic acids is 1. The van der Waals surface area contributed by atoms with Gasteiger partial charge < -0.3 is 19.3 Å². The smallest absolute Gasteiger partial charge is 0.377 e. The van der Waals surface area contributed by atoms with Gasteiger partial charge in [-0.15, -0.1) is 0 Å². The fourth-order valence-corrected chi connectivity index (χ4v) is 0.639. The lowest BCUT2D eigenvalue weighted by Gasteiger charge is -2.07. The Labute approximate surface area is 74.7 Å². The summed E-state index contributed by atoms with van der Waals surface area (Å²) in [4.78, 5) is 21.4. The SMILES string of the molecule is COC(=O)C(OC)=C(OC)C(=O)O. The van der Waals surface area contributed by atoms with Crippen LogP contribution < -0.4 is 0 Å². The first-order valence-electron chi connectivity index (χ1n) is 3.22. The number of carbonyl (C=O) groups is 2. The van der Waals surface area contributed by atoms with Gasteiger partial charge in [-0.2, -0.15) is 0 Å². The largest absolute Gasteiger partial charge is 0.487 e. The maximum absolute atomic E-state index is 10.9. The molecule has 0 atom stereocenters. The lowest BCUT2D eigenvalue weighted by atomic mass is 10.4. The predicted molar refractivity (Wildman–Crippen MR) is 40.7 cm³/mol. The lowest BCUT2D eigenvalue weighted by Crippen LogP contribution is -2.15. The topological polar surface area (TPSA) is 82.1 Å². The summed E-state index contributed by atoms with van der Waals surface area (Å²) in [5.74, 6) is -3.36. The van der Waals surface area contributed by atoms with E-state index >= 15 is 0 Å². The van der Waals surface area contributed by atoms with Crippen molar-refractivity contribution >= 4 is 11.9 Å². The molecule has 0 aromatic heterocycles. The van der Waals surface area contributed by atoms with Gasteiger partial charge in [-0.1, -0.05) is 0 Å². The molecule has 74 valence electrons. The van der Waals surface area contributed by atoms with E-state index in [0.717, 1.165) is 21.3 Å². The average Bonchev–Trinajstić information content (AvgIpc) is 2.12. The second-order valence-electron chi connectivity index (χ2n) is 1.86. The second-order valence-corrected chi connectivity index (χ2v) is 1.86. The number of rotatable bonds is 4. The number of esters is 1. The zero-order valence-electron chi connectivity index (χ0n) is 7.49. The van der Waals surface area contributed by atoms with Gasteiger partial charge in [0, 0.05) is 0 Å². The molecule has 0 fully saturated rings. The van der Waals surface area contributed by atoms with Crippen molar-refractivity contribution in [3.8, 4) is 0 Å². The second kappa shape index (κ2) is 5.02. The molecule has 0 amide bonds. The van der Waals surface area contributed by atoms with Gasteiger partial charge in [-0.3, -0.25) is 0 Å². The molecule has 0 unspecified atom stereocenters. The average molecular weight is 190 g/mol. The van der Waals surface area contributed by atoms with Gasteiger partial charge in [0.1, 0.15) is 0 Å². The number of ether oxygens (including phenoxy) is 3. The van der Waals surface area contributed by atoms with E-state index in [9.17, 15) is 9.59 Å². The van der Waals surface area contributed by atoms with Gasteiger partial charge in [0.15, 0.2) is 0 Å². The van der Waals surface area contributed by atoms with Gasteiger partial charge in [0.25, 0.3) is 11.5 Å². The summed E-state index contributed by atoms with van der Waals surface area (Å²) in [6.45, 7) is 0. The van der Waals surface area contributed by atoms with Crippen LogP contribution in [-0.4, -0.2) is 38.4 Å². The molecule has 0 aliphatic carbocycles. The Balaban J connectivity index is 5.05. The molecule has 1 N–H and O–H groups in total. The summed E-state index contributed by atoms with van der Waals surface area (Å²) in [5, 5.41) is 8.55. The van der Waals surface area contributed by atoms with Gasteiger partial charge in [-0.25, -0.2) is 9.59 Å². The van der Waals surface area contributed by atoms with Crippen LogP contribution in [-0.2, 0) is 23.8 Å². The third-order valence-electron chi connectivity index (χ3n) is 1.18. The highest BCUT2D eigenvalue weighted by atomic mass is 16.6. The standard InChI is InChI=1S/C7H10O6/c1-11-4(6(8)9)5(12-2)7(10)13-3/h1-3H3,(H,8,9). The van der Waals surface area contributed by atoms with Crippen molar-refractivity contribution in [2.45, 2.75) is 0 Å². The maximum Gasteiger partial charge on any atom is 0.377 e. The number of hydrogen-bond donors (Lipinski definition) is 1. The van der Waals surface area contributed by atoms with Crippen LogP contribution in [0.2, 0.25) is 0 Å². The Morgan fingerprint density at radius 3 is 1.62 bits per heavy atom. The fraction of sp³-hybridized carbons (Fsp3) is 0.429. The quantitative estimate of drug-likeness (QED) is 0.374. The summed E-state index contributed by atoms with van der Waals surface area (Å²) in [6, 6.07) is 0. The molecule has 0 aromatic rings. The van der Waals surface area contributed by atoms with Gasteiger partial charge in [0.2, 0.25) is 0 Å². The Kier molecular flexibility index (Phi) is 4.36. The molecule has 0 heterocycles. The molecule has 13 heavy (non-hydrogen) atoms. The number of carboxylic acid groups (broad SMARTS) is 1. The van der Waals surface area contributed by atoms with Gasteiger partial charge in [0.05, 0.1) is 21.3 Å². The maximum atomic E-state index is 10.9. The minimum absolute atomic E-state index is 0.475. The number of hydrogen-bond acceptors (Lipinski definition) is 5. The molecule has 0 bridgehead atoms. The number of carboxylic acids is 1. The van der Waals surface area contributed by atoms with Crippen molar-refractivity contribution in [1.82, 2.24) is 0 Å². The Morgan fingerprint density at radius 1 is 0.923 bits per heavy atom. The monoisotopic (exact) mass is 190 g/mol. The van der Waals surface area contributed by atoms with Crippen LogP contribution in [0.3, 0.4) is 0 Å². The van der Waals surface area contributed by atoms with E-state index in [1.807, 2.05) is 0 Å². The molecule has 0 aliphatic rings. The molecule has 0 radical (unpaired) electrons. The molecule has 6 heteroatoms. The first kappa shape index (κ1) is 11.3. The van der Waals surface area contributed by atoms with Crippen molar-refractivity contribution in [1.29, 1.82) is 0 Å². The van der Waals surface area contributed by atoms with E-state index in [2.05, 4.69) is 14.2 Å². The zero-order valence-corrected chi connectivity index (χ0v) is 7.49. The van der Waals surface area contributed by atoms with E-state index in [0.29, 0.717) is 0 Å². The van der Waals surface area contributed by atoms with Crippen molar-refractivity contribution in [2.75, 3.05) is 21.3 Å². The minimum atomic E-state index is -1.40. The molecular formula is C7H10O6. The highest BCUT2D eigenvalue weighted by Crippen LogP contribution is 2.08. The van der Waals surface area contributed by atoms with Crippen LogP contribution in [0.15, 0.2) is 11.5 Å². The van der Waals surface area contributed by atoms with Crippen LogP contribution in [0.4, 0.5) is 0 Å². The lowest BCUT2D eigenvalue weighted by molar-refractivity contribution is -0.143. The summed E-state index contributed by atoms with van der Waals surface area (Å²) in [6.07, 6.45) is 0.